The smallest absolute Gasteiger partial charge is 0.0529 e. The molecule has 8 rings (SSSR count). The normalized spacial score (nSPS) is 9.25. The van der Waals surface area contributed by atoms with Crippen LogP contribution in [0.1, 0.15) is 0 Å². The van der Waals surface area contributed by atoms with Gasteiger partial charge in [0.1, 0.15) is 0 Å². The molecule has 0 spiro atoms. The van der Waals surface area contributed by atoms with E-state index in [9.17, 15) is 0 Å². The van der Waals surface area contributed by atoms with Crippen LogP contribution < -0.4 is 0 Å². The Hall–Kier alpha value is -6.66. The number of rotatable bonds is 3. The second-order valence-corrected chi connectivity index (χ2v) is 9.82. The zero-order valence-corrected chi connectivity index (χ0v) is 26.5. The zero-order valence-electron chi connectivity index (χ0n) is 26.5. The van der Waals surface area contributed by atoms with Crippen LogP contribution in [0.3, 0.4) is 0 Å². The first-order valence-corrected chi connectivity index (χ1v) is 15.4. The summed E-state index contributed by atoms with van der Waals surface area (Å²) in [6.45, 7) is 0. The lowest BCUT2D eigenvalue weighted by Gasteiger charge is -1.98. The van der Waals surface area contributed by atoms with Crippen molar-refractivity contribution in [2.45, 2.75) is 0 Å². The van der Waals surface area contributed by atoms with Crippen LogP contribution in [0, 0.1) is 0 Å². The summed E-state index contributed by atoms with van der Waals surface area (Å²) in [5.74, 6) is 0. The van der Waals surface area contributed by atoms with Crippen molar-refractivity contribution in [3.8, 4) is 33.4 Å². The van der Waals surface area contributed by atoms with Gasteiger partial charge >= 0.3 is 0 Å². The average Bonchev–Trinajstić information content (AvgIpc) is 3.22. The highest BCUT2D eigenvalue weighted by Crippen LogP contribution is 2.19. The monoisotopic (exact) mass is 624 g/mol. The molecule has 2 aromatic heterocycles. The maximum Gasteiger partial charge on any atom is 0.0529 e. The van der Waals surface area contributed by atoms with Crippen LogP contribution in [0.25, 0.3) is 33.4 Å². The highest BCUT2D eigenvalue weighted by Gasteiger charge is 1.93. The molecule has 8 aromatic rings. The Bertz CT molecular complexity index is 1490. The molecule has 0 amide bonds. The van der Waals surface area contributed by atoms with Crippen molar-refractivity contribution >= 4 is 0 Å². The van der Waals surface area contributed by atoms with Crippen molar-refractivity contribution in [1.82, 2.24) is 30.8 Å². The quantitative estimate of drug-likeness (QED) is 0.195. The van der Waals surface area contributed by atoms with E-state index in [1.807, 2.05) is 36.4 Å². The number of aromatic nitrogens is 6. The lowest BCUT2D eigenvalue weighted by molar-refractivity contribution is 0.865. The third kappa shape index (κ3) is 13.5. The molecule has 0 N–H and O–H groups in total. The van der Waals surface area contributed by atoms with E-state index in [2.05, 4.69) is 176 Å². The van der Waals surface area contributed by atoms with Crippen LogP contribution >= 0.6 is 0 Å². The maximum absolute atomic E-state index is 3.42. The minimum absolute atomic E-state index is 1.28. The van der Waals surface area contributed by atoms with Gasteiger partial charge in [-0.1, -0.05) is 182 Å². The maximum atomic E-state index is 3.42. The second kappa shape index (κ2) is 21.9. The van der Waals surface area contributed by atoms with E-state index >= 15 is 0 Å². The van der Waals surface area contributed by atoms with Crippen LogP contribution in [0.15, 0.2) is 219 Å². The highest BCUT2D eigenvalue weighted by atomic mass is 15.3. The molecule has 234 valence electrons. The van der Waals surface area contributed by atoms with E-state index in [1.165, 1.54) is 33.4 Å². The Morgan fingerprint density at radius 3 is 0.458 bits per heavy atom. The summed E-state index contributed by atoms with van der Waals surface area (Å²) in [7, 11) is 0. The fraction of sp³-hybridized carbons (Fsp3) is 0. The molecule has 0 radical (unpaired) electrons. The van der Waals surface area contributed by atoms with Crippen molar-refractivity contribution in [3.63, 3.8) is 0 Å². The molecule has 6 aromatic carbocycles. The Morgan fingerprint density at radius 1 is 0.188 bits per heavy atom. The molecule has 0 saturated carbocycles. The van der Waals surface area contributed by atoms with Crippen molar-refractivity contribution in [3.05, 3.63) is 219 Å². The minimum Gasteiger partial charge on any atom is -0.139 e. The van der Waals surface area contributed by atoms with E-state index in [0.717, 1.165) is 0 Å². The van der Waals surface area contributed by atoms with Crippen molar-refractivity contribution in [1.29, 1.82) is 0 Å². The van der Waals surface area contributed by atoms with Gasteiger partial charge in [-0.15, -0.1) is 20.4 Å². The van der Waals surface area contributed by atoms with Crippen LogP contribution in [-0.2, 0) is 0 Å². The van der Waals surface area contributed by atoms with Crippen LogP contribution in [0.5, 0.6) is 0 Å². The SMILES string of the molecule is c1ccc(-c2ccccc2)cc1.c1ccc(-c2ccccc2)cc1.c1ccc(-c2ccccc2)cc1.c1cnnnc1.c1cnnnc1. The second-order valence-electron chi connectivity index (χ2n) is 9.82. The van der Waals surface area contributed by atoms with Gasteiger partial charge < -0.3 is 0 Å². The van der Waals surface area contributed by atoms with Crippen LogP contribution in [0.2, 0.25) is 0 Å². The number of hydrogen-bond donors (Lipinski definition) is 0. The van der Waals surface area contributed by atoms with Crippen LogP contribution in [0.4, 0.5) is 0 Å². The molecule has 0 unspecified atom stereocenters. The van der Waals surface area contributed by atoms with Gasteiger partial charge in [-0.2, -0.15) is 0 Å². The number of benzene rings is 6. The molecule has 0 fully saturated rings. The first-order valence-electron chi connectivity index (χ1n) is 15.4. The van der Waals surface area contributed by atoms with E-state index in [0.29, 0.717) is 0 Å². The van der Waals surface area contributed by atoms with Gasteiger partial charge in [0.2, 0.25) is 0 Å². The highest BCUT2D eigenvalue weighted by molar-refractivity contribution is 5.64. The lowest BCUT2D eigenvalue weighted by atomic mass is 10.1. The van der Waals surface area contributed by atoms with Crippen LogP contribution in [-0.4, -0.2) is 30.8 Å². The predicted molar refractivity (Wildman–Crippen MR) is 195 cm³/mol. The third-order valence-electron chi connectivity index (χ3n) is 6.46. The summed E-state index contributed by atoms with van der Waals surface area (Å²) in [4.78, 5) is 0. The van der Waals surface area contributed by atoms with E-state index in [4.69, 9.17) is 0 Å². The first kappa shape index (κ1) is 34.2. The van der Waals surface area contributed by atoms with Crippen molar-refractivity contribution in [2.24, 2.45) is 0 Å². The molecule has 48 heavy (non-hydrogen) atoms. The molecule has 0 saturated heterocycles. The van der Waals surface area contributed by atoms with Gasteiger partial charge in [-0.3, -0.25) is 0 Å². The molecule has 0 aliphatic heterocycles. The molecular formula is C42H36N6. The van der Waals surface area contributed by atoms with Gasteiger partial charge in [-0.25, -0.2) is 0 Å². The zero-order chi connectivity index (χ0) is 33.2. The van der Waals surface area contributed by atoms with Crippen molar-refractivity contribution in [2.75, 3.05) is 0 Å². The minimum atomic E-state index is 1.28. The fourth-order valence-corrected chi connectivity index (χ4v) is 4.19. The Morgan fingerprint density at radius 2 is 0.354 bits per heavy atom. The first-order chi connectivity index (χ1) is 23.9. The van der Waals surface area contributed by atoms with Gasteiger partial charge in [0.05, 0.1) is 24.8 Å². The summed E-state index contributed by atoms with van der Waals surface area (Å²) in [5, 5.41) is 20.3. The standard InChI is InChI=1S/3C12H10.2C3H3N3/c3*1-3-7-11(8-4-1)12-9-5-2-6-10-12;2*1-2-4-6-5-3-1/h3*1-10H;2*1-3H. The molecule has 0 aliphatic carbocycles. The average molecular weight is 625 g/mol. The topological polar surface area (TPSA) is 77.3 Å². The van der Waals surface area contributed by atoms with E-state index < -0.39 is 0 Å². The molecule has 6 nitrogen and oxygen atoms in total. The molecule has 2 heterocycles. The molecule has 0 atom stereocenters. The number of hydrogen-bond acceptors (Lipinski definition) is 6. The lowest BCUT2D eigenvalue weighted by Crippen LogP contribution is -1.78. The summed E-state index contributed by atoms with van der Waals surface area (Å²) < 4.78 is 0. The predicted octanol–water partition coefficient (Wildman–Crippen LogP) is 9.80. The molecule has 0 aliphatic rings. The molecule has 0 bridgehead atoms. The van der Waals surface area contributed by atoms with Gasteiger partial charge in [0, 0.05) is 0 Å². The summed E-state index contributed by atoms with van der Waals surface area (Å²) in [6, 6.07) is 65.8. The van der Waals surface area contributed by atoms with Gasteiger partial charge in [0.25, 0.3) is 0 Å². The van der Waals surface area contributed by atoms with Crippen molar-refractivity contribution < 1.29 is 0 Å². The summed E-state index contributed by atoms with van der Waals surface area (Å²) in [6.07, 6.45) is 6.31. The largest absolute Gasteiger partial charge is 0.139 e. The third-order valence-corrected chi connectivity index (χ3v) is 6.46. The number of nitrogens with zero attached hydrogens (tertiary/aromatic N) is 6. The van der Waals surface area contributed by atoms with E-state index in [1.54, 1.807) is 36.9 Å². The Balaban J connectivity index is 0.000000140. The summed E-state index contributed by atoms with van der Waals surface area (Å²) >= 11 is 0. The van der Waals surface area contributed by atoms with Gasteiger partial charge in [0.15, 0.2) is 0 Å². The molecular weight excluding hydrogens is 589 g/mol. The van der Waals surface area contributed by atoms with Gasteiger partial charge in [-0.05, 0) is 55.9 Å². The molecule has 6 heteroatoms. The van der Waals surface area contributed by atoms with E-state index in [-0.39, 0.29) is 0 Å². The Kier molecular flexibility index (Phi) is 15.6. The fourth-order valence-electron chi connectivity index (χ4n) is 4.19. The Labute approximate surface area is 282 Å². The summed E-state index contributed by atoms with van der Waals surface area (Å²) in [5.41, 5.74) is 7.66.